The van der Waals surface area contributed by atoms with E-state index in [1.54, 1.807) is 0 Å². The first kappa shape index (κ1) is 10.8. The molecule has 0 bridgehead atoms. The van der Waals surface area contributed by atoms with Crippen LogP contribution in [0.3, 0.4) is 0 Å². The number of hydrogen-bond acceptors (Lipinski definition) is 2. The van der Waals surface area contributed by atoms with Gasteiger partial charge in [0.25, 0.3) is 0 Å². The summed E-state index contributed by atoms with van der Waals surface area (Å²) in [6.07, 6.45) is 2.94. The minimum absolute atomic E-state index is 0.122. The fraction of sp³-hybridized carbons (Fsp3) is 0.750. The van der Waals surface area contributed by atoms with E-state index in [9.17, 15) is 9.59 Å². The molecule has 0 aromatic heterocycles. The molecule has 0 saturated heterocycles. The molecule has 0 saturated carbocycles. The van der Waals surface area contributed by atoms with Gasteiger partial charge in [0.2, 0.25) is 0 Å². The van der Waals surface area contributed by atoms with Crippen molar-refractivity contribution in [1.82, 2.24) is 0 Å². The molecule has 0 atom stereocenters. The third-order valence-corrected chi connectivity index (χ3v) is 4.62. The van der Waals surface area contributed by atoms with Crippen LogP contribution in [0.1, 0.15) is 20.8 Å². The third kappa shape index (κ3) is 4.26. The summed E-state index contributed by atoms with van der Waals surface area (Å²) in [7, 11) is -0.438. The summed E-state index contributed by atoms with van der Waals surface area (Å²) >= 11 is 0. The van der Waals surface area contributed by atoms with E-state index >= 15 is 0 Å². The van der Waals surface area contributed by atoms with Crippen molar-refractivity contribution in [1.29, 1.82) is 0 Å². The van der Waals surface area contributed by atoms with Crippen LogP contribution in [0.2, 0.25) is 0 Å². The molecule has 0 aliphatic carbocycles. The minimum atomic E-state index is -0.438. The summed E-state index contributed by atoms with van der Waals surface area (Å²) in [5.74, 6) is 0. The molecule has 11 heavy (non-hydrogen) atoms. The summed E-state index contributed by atoms with van der Waals surface area (Å²) in [4.78, 5) is 20.5. The van der Waals surface area contributed by atoms with E-state index in [0.29, 0.717) is 12.3 Å². The topological polar surface area (TPSA) is 34.1 Å². The van der Waals surface area contributed by atoms with Crippen molar-refractivity contribution in [3.63, 3.8) is 0 Å². The first-order chi connectivity index (χ1) is 5.02. The van der Waals surface area contributed by atoms with Crippen LogP contribution < -0.4 is 0 Å². The van der Waals surface area contributed by atoms with Crippen LogP contribution in [0.15, 0.2) is 0 Å². The second-order valence-corrected chi connectivity index (χ2v) is 6.56. The van der Waals surface area contributed by atoms with Crippen molar-refractivity contribution < 1.29 is 9.59 Å². The van der Waals surface area contributed by atoms with Gasteiger partial charge in [0.1, 0.15) is 12.6 Å². The highest BCUT2D eigenvalue weighted by Gasteiger charge is 2.22. The maximum absolute atomic E-state index is 10.2. The molecular formula is C8H15O2P. The average Bonchev–Trinajstić information content (AvgIpc) is 1.85. The van der Waals surface area contributed by atoms with Gasteiger partial charge >= 0.3 is 0 Å². The molecule has 0 rings (SSSR count). The van der Waals surface area contributed by atoms with Crippen LogP contribution >= 0.6 is 7.92 Å². The highest BCUT2D eigenvalue weighted by Crippen LogP contribution is 2.47. The monoisotopic (exact) mass is 174 g/mol. The standard InChI is InChI=1S/C8H15O2P/c1-8(2,3)11(6-4-9)7-5-10/h4-5H,6-7H2,1-3H3. The van der Waals surface area contributed by atoms with E-state index in [1.807, 2.05) is 0 Å². The van der Waals surface area contributed by atoms with Crippen LogP contribution in [-0.4, -0.2) is 30.1 Å². The normalized spacial score (nSPS) is 11.6. The van der Waals surface area contributed by atoms with Gasteiger partial charge < -0.3 is 9.59 Å². The lowest BCUT2D eigenvalue weighted by Crippen LogP contribution is -2.16. The number of rotatable bonds is 4. The Hall–Kier alpha value is -0.230. The summed E-state index contributed by atoms with van der Waals surface area (Å²) in [5.41, 5.74) is 0. The van der Waals surface area contributed by atoms with E-state index in [4.69, 9.17) is 0 Å². The molecule has 0 aliphatic rings. The highest BCUT2D eigenvalue weighted by molar-refractivity contribution is 7.60. The second-order valence-electron chi connectivity index (χ2n) is 3.41. The van der Waals surface area contributed by atoms with Gasteiger partial charge in [0.05, 0.1) is 0 Å². The first-order valence-corrected chi connectivity index (χ1v) is 5.36. The number of carbonyl (C=O) groups is 2. The van der Waals surface area contributed by atoms with Crippen LogP contribution in [-0.2, 0) is 9.59 Å². The lowest BCUT2D eigenvalue weighted by Gasteiger charge is -2.28. The number of aldehydes is 2. The van der Waals surface area contributed by atoms with E-state index in [0.717, 1.165) is 12.6 Å². The Labute approximate surface area is 69.1 Å². The first-order valence-electron chi connectivity index (χ1n) is 3.64. The lowest BCUT2D eigenvalue weighted by atomic mass is 10.3. The molecule has 0 amide bonds. The van der Waals surface area contributed by atoms with Crippen LogP contribution in [0, 0.1) is 0 Å². The van der Waals surface area contributed by atoms with Gasteiger partial charge in [-0.2, -0.15) is 0 Å². The van der Waals surface area contributed by atoms with Crippen LogP contribution in [0.4, 0.5) is 0 Å². The van der Waals surface area contributed by atoms with Gasteiger partial charge in [-0.15, -0.1) is 0 Å². The van der Waals surface area contributed by atoms with Crippen molar-refractivity contribution in [3.05, 3.63) is 0 Å². The molecule has 3 heteroatoms. The Morgan fingerprint density at radius 2 is 1.45 bits per heavy atom. The maximum Gasteiger partial charge on any atom is 0.124 e. The smallest absolute Gasteiger partial charge is 0.124 e. The van der Waals surface area contributed by atoms with Crippen molar-refractivity contribution in [3.8, 4) is 0 Å². The third-order valence-electron chi connectivity index (χ3n) is 1.54. The molecule has 0 aromatic rings. The van der Waals surface area contributed by atoms with Gasteiger partial charge in [-0.25, -0.2) is 0 Å². The van der Waals surface area contributed by atoms with Crippen molar-refractivity contribution in [2.24, 2.45) is 0 Å². The van der Waals surface area contributed by atoms with E-state index < -0.39 is 7.92 Å². The Kier molecular flexibility index (Phi) is 4.51. The molecule has 64 valence electrons. The predicted octanol–water partition coefficient (Wildman–Crippen LogP) is 1.66. The Morgan fingerprint density at radius 3 is 1.64 bits per heavy atom. The molecule has 2 nitrogen and oxygen atoms in total. The Morgan fingerprint density at radius 1 is 1.09 bits per heavy atom. The van der Waals surface area contributed by atoms with E-state index in [-0.39, 0.29) is 5.16 Å². The van der Waals surface area contributed by atoms with Crippen LogP contribution in [0.25, 0.3) is 0 Å². The predicted molar refractivity (Wildman–Crippen MR) is 48.5 cm³/mol. The molecular weight excluding hydrogens is 159 g/mol. The lowest BCUT2D eigenvalue weighted by molar-refractivity contribution is -0.106. The quantitative estimate of drug-likeness (QED) is 0.480. The van der Waals surface area contributed by atoms with Gasteiger partial charge in [-0.3, -0.25) is 0 Å². The Bertz CT molecular complexity index is 128. The average molecular weight is 174 g/mol. The molecule has 0 unspecified atom stereocenters. The summed E-state index contributed by atoms with van der Waals surface area (Å²) in [5, 5.41) is 0.122. The zero-order chi connectivity index (χ0) is 8.91. The summed E-state index contributed by atoms with van der Waals surface area (Å²) in [6.45, 7) is 6.23. The zero-order valence-corrected chi connectivity index (χ0v) is 8.23. The van der Waals surface area contributed by atoms with E-state index in [1.165, 1.54) is 0 Å². The number of carbonyl (C=O) groups excluding carboxylic acids is 2. The summed E-state index contributed by atoms with van der Waals surface area (Å²) in [6, 6.07) is 0. The zero-order valence-electron chi connectivity index (χ0n) is 7.33. The van der Waals surface area contributed by atoms with Gasteiger partial charge in [0, 0.05) is 12.3 Å². The fourth-order valence-electron chi connectivity index (χ4n) is 0.802. The van der Waals surface area contributed by atoms with Gasteiger partial charge in [-0.05, 0) is 5.16 Å². The van der Waals surface area contributed by atoms with Crippen molar-refractivity contribution in [2.45, 2.75) is 25.9 Å². The van der Waals surface area contributed by atoms with Gasteiger partial charge in [0.15, 0.2) is 0 Å². The van der Waals surface area contributed by atoms with Crippen LogP contribution in [0.5, 0.6) is 0 Å². The fourth-order valence-corrected chi connectivity index (χ4v) is 2.41. The number of hydrogen-bond donors (Lipinski definition) is 0. The maximum atomic E-state index is 10.2. The molecule has 0 aliphatic heterocycles. The SMILES string of the molecule is CC(C)(C)P(CC=O)CC=O. The highest BCUT2D eigenvalue weighted by atomic mass is 31.1. The molecule has 0 spiro atoms. The second kappa shape index (κ2) is 4.61. The molecule has 0 heterocycles. The molecule has 0 aromatic carbocycles. The molecule has 0 N–H and O–H groups in total. The van der Waals surface area contributed by atoms with Crippen molar-refractivity contribution in [2.75, 3.05) is 12.3 Å². The minimum Gasteiger partial charge on any atom is -0.303 e. The summed E-state index contributed by atoms with van der Waals surface area (Å²) < 4.78 is 0. The molecule has 0 fully saturated rings. The van der Waals surface area contributed by atoms with Crippen molar-refractivity contribution >= 4 is 20.5 Å². The Balaban J connectivity index is 4.08. The van der Waals surface area contributed by atoms with E-state index in [2.05, 4.69) is 20.8 Å². The molecule has 0 radical (unpaired) electrons. The van der Waals surface area contributed by atoms with Gasteiger partial charge in [-0.1, -0.05) is 28.7 Å². The largest absolute Gasteiger partial charge is 0.303 e.